The molecule has 0 saturated carbocycles. The Bertz CT molecular complexity index is 551. The highest BCUT2D eigenvalue weighted by Gasteiger charge is 1.97. The quantitative estimate of drug-likeness (QED) is 0.286. The summed E-state index contributed by atoms with van der Waals surface area (Å²) in [6.07, 6.45) is 20.6. The Morgan fingerprint density at radius 1 is 0.958 bits per heavy atom. The molecule has 1 N–H and O–H groups in total. The van der Waals surface area contributed by atoms with Gasteiger partial charge in [-0.15, -0.1) is 0 Å². The molecule has 2 nitrogen and oxygen atoms in total. The molecular formula is C22H32O2. The molecule has 0 aromatic carbocycles. The van der Waals surface area contributed by atoms with Crippen molar-refractivity contribution in [2.45, 2.75) is 53.9 Å². The molecule has 0 amide bonds. The summed E-state index contributed by atoms with van der Waals surface area (Å²) < 4.78 is 0. The Kier molecular flexibility index (Phi) is 12.2. The molecule has 0 aliphatic rings. The second-order valence-corrected chi connectivity index (χ2v) is 6.48. The van der Waals surface area contributed by atoms with Gasteiger partial charge in [0.15, 0.2) is 0 Å². The van der Waals surface area contributed by atoms with Crippen molar-refractivity contribution in [3.05, 3.63) is 71.4 Å². The number of carboxylic acids is 1. The first-order valence-corrected chi connectivity index (χ1v) is 8.54. The molecule has 2 heteroatoms. The first-order valence-electron chi connectivity index (χ1n) is 8.54. The van der Waals surface area contributed by atoms with Crippen LogP contribution in [0.3, 0.4) is 0 Å². The van der Waals surface area contributed by atoms with Crippen molar-refractivity contribution in [2.75, 3.05) is 0 Å². The average Bonchev–Trinajstić information content (AvgIpc) is 2.46. The lowest BCUT2D eigenvalue weighted by Gasteiger charge is -2.06. The lowest BCUT2D eigenvalue weighted by atomic mass is 10.0. The van der Waals surface area contributed by atoms with Gasteiger partial charge in [-0.05, 0) is 52.9 Å². The highest BCUT2D eigenvalue weighted by Crippen LogP contribution is 2.13. The highest BCUT2D eigenvalue weighted by atomic mass is 16.4. The fourth-order valence-electron chi connectivity index (χ4n) is 2.01. The van der Waals surface area contributed by atoms with E-state index in [1.807, 2.05) is 19.1 Å². The van der Waals surface area contributed by atoms with Gasteiger partial charge in [0.2, 0.25) is 0 Å². The van der Waals surface area contributed by atoms with Crippen LogP contribution in [0.25, 0.3) is 0 Å². The van der Waals surface area contributed by atoms with Gasteiger partial charge in [-0.25, -0.2) is 4.79 Å². The van der Waals surface area contributed by atoms with Crippen molar-refractivity contribution in [1.82, 2.24) is 0 Å². The molecule has 0 saturated heterocycles. The number of hydrogen-bond acceptors (Lipinski definition) is 1. The molecule has 0 spiro atoms. The SMILES string of the molecule is CC(C)=CCCC(C)C/C=C/C(C)=C/C=C/C(C)=C/C=C/C(=O)O. The lowest BCUT2D eigenvalue weighted by molar-refractivity contribution is -0.131. The molecule has 0 fully saturated rings. The number of carboxylic acid groups (broad SMARTS) is 1. The smallest absolute Gasteiger partial charge is 0.328 e. The number of aliphatic carboxylic acids is 1. The van der Waals surface area contributed by atoms with Gasteiger partial charge >= 0.3 is 5.97 Å². The van der Waals surface area contributed by atoms with E-state index in [0.717, 1.165) is 24.5 Å². The van der Waals surface area contributed by atoms with E-state index in [1.54, 1.807) is 6.08 Å². The van der Waals surface area contributed by atoms with Crippen LogP contribution in [0.4, 0.5) is 0 Å². The topological polar surface area (TPSA) is 37.3 Å². The fraction of sp³-hybridized carbons (Fsp3) is 0.409. The van der Waals surface area contributed by atoms with E-state index in [4.69, 9.17) is 5.11 Å². The van der Waals surface area contributed by atoms with E-state index in [1.165, 1.54) is 23.6 Å². The number of hydrogen-bond donors (Lipinski definition) is 1. The number of rotatable bonds is 10. The minimum atomic E-state index is -0.931. The van der Waals surface area contributed by atoms with Crippen molar-refractivity contribution >= 4 is 5.97 Å². The van der Waals surface area contributed by atoms with Gasteiger partial charge in [0.25, 0.3) is 0 Å². The molecule has 24 heavy (non-hydrogen) atoms. The van der Waals surface area contributed by atoms with E-state index in [-0.39, 0.29) is 0 Å². The van der Waals surface area contributed by atoms with Gasteiger partial charge in [0, 0.05) is 6.08 Å². The molecule has 0 aliphatic carbocycles. The summed E-state index contributed by atoms with van der Waals surface area (Å²) >= 11 is 0. The van der Waals surface area contributed by atoms with Crippen LogP contribution in [0.1, 0.15) is 53.9 Å². The van der Waals surface area contributed by atoms with Crippen LogP contribution in [-0.2, 0) is 4.79 Å². The highest BCUT2D eigenvalue weighted by molar-refractivity contribution is 5.80. The molecule has 1 unspecified atom stereocenters. The third-order valence-corrected chi connectivity index (χ3v) is 3.45. The van der Waals surface area contributed by atoms with Crippen LogP contribution in [0.2, 0.25) is 0 Å². The molecule has 0 radical (unpaired) electrons. The van der Waals surface area contributed by atoms with Gasteiger partial charge in [-0.3, -0.25) is 0 Å². The maximum absolute atomic E-state index is 10.4. The van der Waals surface area contributed by atoms with E-state index in [2.05, 4.69) is 52.0 Å². The van der Waals surface area contributed by atoms with Crippen LogP contribution in [-0.4, -0.2) is 11.1 Å². The molecular weight excluding hydrogens is 296 g/mol. The summed E-state index contributed by atoms with van der Waals surface area (Å²) in [4.78, 5) is 10.4. The summed E-state index contributed by atoms with van der Waals surface area (Å²) in [6.45, 7) is 10.6. The Morgan fingerprint density at radius 2 is 1.54 bits per heavy atom. The minimum Gasteiger partial charge on any atom is -0.478 e. The van der Waals surface area contributed by atoms with Crippen molar-refractivity contribution in [1.29, 1.82) is 0 Å². The Hall–Kier alpha value is -2.09. The van der Waals surface area contributed by atoms with Crippen LogP contribution in [0.15, 0.2) is 71.4 Å². The molecule has 1 atom stereocenters. The van der Waals surface area contributed by atoms with E-state index >= 15 is 0 Å². The summed E-state index contributed by atoms with van der Waals surface area (Å²) in [6, 6.07) is 0. The van der Waals surface area contributed by atoms with Gasteiger partial charge < -0.3 is 5.11 Å². The standard InChI is InChI=1S/C22H32O2/c1-18(2)10-6-11-19(3)12-7-13-20(4)14-8-15-21(5)16-9-17-22(23)24/h7-10,13-17,19H,6,11-12H2,1-5H3,(H,23,24)/b13-7+,15-8+,17-9+,20-14+,21-16+. The second kappa shape index (κ2) is 13.4. The number of allylic oxidation sites excluding steroid dienone is 11. The predicted molar refractivity (Wildman–Crippen MR) is 105 cm³/mol. The second-order valence-electron chi connectivity index (χ2n) is 6.48. The normalized spacial score (nSPS) is 14.7. The van der Waals surface area contributed by atoms with Crippen molar-refractivity contribution in [3.63, 3.8) is 0 Å². The fourth-order valence-corrected chi connectivity index (χ4v) is 2.01. The third-order valence-electron chi connectivity index (χ3n) is 3.45. The average molecular weight is 328 g/mol. The molecule has 0 rings (SSSR count). The summed E-state index contributed by atoms with van der Waals surface area (Å²) in [7, 11) is 0. The van der Waals surface area contributed by atoms with Crippen LogP contribution in [0.5, 0.6) is 0 Å². The molecule has 0 heterocycles. The van der Waals surface area contributed by atoms with Gasteiger partial charge in [0.1, 0.15) is 0 Å². The molecule has 0 aromatic rings. The minimum absolute atomic E-state index is 0.700. The van der Waals surface area contributed by atoms with E-state index < -0.39 is 5.97 Å². The van der Waals surface area contributed by atoms with E-state index in [0.29, 0.717) is 5.92 Å². The summed E-state index contributed by atoms with van der Waals surface area (Å²) in [5.74, 6) is -0.231. The Morgan fingerprint density at radius 3 is 2.12 bits per heavy atom. The Balaban J connectivity index is 4.27. The maximum Gasteiger partial charge on any atom is 0.328 e. The van der Waals surface area contributed by atoms with Crippen LogP contribution in [0, 0.1) is 5.92 Å². The molecule has 0 bridgehead atoms. The van der Waals surface area contributed by atoms with Crippen molar-refractivity contribution in [3.8, 4) is 0 Å². The van der Waals surface area contributed by atoms with Crippen molar-refractivity contribution < 1.29 is 9.90 Å². The lowest BCUT2D eigenvalue weighted by Crippen LogP contribution is -1.91. The zero-order valence-electron chi connectivity index (χ0n) is 15.8. The van der Waals surface area contributed by atoms with Gasteiger partial charge in [0.05, 0.1) is 0 Å². The zero-order chi connectivity index (χ0) is 18.4. The first kappa shape index (κ1) is 21.9. The predicted octanol–water partition coefficient (Wildman–Crippen LogP) is 6.40. The van der Waals surface area contributed by atoms with Crippen molar-refractivity contribution in [2.24, 2.45) is 5.92 Å². The maximum atomic E-state index is 10.4. The van der Waals surface area contributed by atoms with Gasteiger partial charge in [-0.1, -0.05) is 72.3 Å². The van der Waals surface area contributed by atoms with Crippen LogP contribution >= 0.6 is 0 Å². The first-order chi connectivity index (χ1) is 11.3. The summed E-state index contributed by atoms with van der Waals surface area (Å²) in [5.41, 5.74) is 3.61. The Labute approximate surface area is 147 Å². The van der Waals surface area contributed by atoms with E-state index in [9.17, 15) is 4.79 Å². The largest absolute Gasteiger partial charge is 0.478 e. The van der Waals surface area contributed by atoms with Gasteiger partial charge in [-0.2, -0.15) is 0 Å². The monoisotopic (exact) mass is 328 g/mol. The molecule has 0 aliphatic heterocycles. The third kappa shape index (κ3) is 14.8. The molecule has 132 valence electrons. The molecule has 0 aromatic heterocycles. The summed E-state index contributed by atoms with van der Waals surface area (Å²) in [5, 5.41) is 8.51. The zero-order valence-corrected chi connectivity index (χ0v) is 15.8. The number of carbonyl (C=O) groups is 1. The van der Waals surface area contributed by atoms with Crippen LogP contribution < -0.4 is 0 Å².